The standard InChI is InChI=1S/C19H22FNO2S/c20-18-10-6-9-17(13-18)15-24(22,23)21-12-5-4-11-19(21)14-16-7-2-1-3-8-16/h1-3,6-10,13,19H,4-5,11-12,14-15H2. The summed E-state index contributed by atoms with van der Waals surface area (Å²) >= 11 is 0. The molecule has 0 saturated carbocycles. The average molecular weight is 347 g/mol. The molecule has 0 radical (unpaired) electrons. The first-order valence-corrected chi connectivity index (χ1v) is 9.93. The summed E-state index contributed by atoms with van der Waals surface area (Å²) in [7, 11) is -3.46. The highest BCUT2D eigenvalue weighted by atomic mass is 32.2. The molecule has 1 atom stereocenters. The van der Waals surface area contributed by atoms with Gasteiger partial charge >= 0.3 is 0 Å². The van der Waals surface area contributed by atoms with Gasteiger partial charge in [0.1, 0.15) is 5.82 Å². The largest absolute Gasteiger partial charge is 0.218 e. The fourth-order valence-corrected chi connectivity index (χ4v) is 5.16. The fraction of sp³-hybridized carbons (Fsp3) is 0.368. The molecule has 0 aromatic heterocycles. The molecule has 2 aromatic rings. The molecule has 1 fully saturated rings. The molecule has 1 heterocycles. The number of rotatable bonds is 5. The summed E-state index contributed by atoms with van der Waals surface area (Å²) in [6, 6.07) is 15.8. The molecule has 3 rings (SSSR count). The molecule has 0 amide bonds. The lowest BCUT2D eigenvalue weighted by Crippen LogP contribution is -2.45. The Hall–Kier alpha value is -1.72. The van der Waals surface area contributed by atoms with Crippen LogP contribution in [0.15, 0.2) is 54.6 Å². The van der Waals surface area contributed by atoms with Crippen molar-refractivity contribution in [1.29, 1.82) is 0 Å². The number of halogens is 1. The van der Waals surface area contributed by atoms with Gasteiger partial charge in [-0.15, -0.1) is 0 Å². The zero-order chi connectivity index (χ0) is 17.0. The molecule has 1 aliphatic rings. The van der Waals surface area contributed by atoms with E-state index in [1.54, 1.807) is 16.4 Å². The van der Waals surface area contributed by atoms with Crippen molar-refractivity contribution < 1.29 is 12.8 Å². The first-order chi connectivity index (χ1) is 11.5. The minimum atomic E-state index is -3.46. The third-order valence-electron chi connectivity index (χ3n) is 4.48. The van der Waals surface area contributed by atoms with E-state index in [4.69, 9.17) is 0 Å². The second-order valence-electron chi connectivity index (χ2n) is 6.34. The van der Waals surface area contributed by atoms with Gasteiger partial charge in [-0.25, -0.2) is 12.8 Å². The van der Waals surface area contributed by atoms with Gasteiger partial charge in [0.05, 0.1) is 5.75 Å². The van der Waals surface area contributed by atoms with E-state index in [1.165, 1.54) is 12.1 Å². The molecule has 0 aliphatic carbocycles. The van der Waals surface area contributed by atoms with E-state index in [9.17, 15) is 12.8 Å². The van der Waals surface area contributed by atoms with Crippen molar-refractivity contribution in [1.82, 2.24) is 4.31 Å². The molecule has 128 valence electrons. The molecule has 0 N–H and O–H groups in total. The van der Waals surface area contributed by atoms with Crippen LogP contribution in [-0.2, 0) is 22.2 Å². The van der Waals surface area contributed by atoms with Crippen molar-refractivity contribution in [2.24, 2.45) is 0 Å². The molecule has 0 bridgehead atoms. The normalized spacial score (nSPS) is 19.3. The first kappa shape index (κ1) is 17.1. The Morgan fingerprint density at radius 1 is 1.00 bits per heavy atom. The summed E-state index contributed by atoms with van der Waals surface area (Å²) in [5.41, 5.74) is 1.65. The van der Waals surface area contributed by atoms with Crippen LogP contribution in [0, 0.1) is 5.82 Å². The Kier molecular flexibility index (Phi) is 5.31. The van der Waals surface area contributed by atoms with Crippen molar-refractivity contribution in [3.63, 3.8) is 0 Å². The van der Waals surface area contributed by atoms with E-state index in [0.29, 0.717) is 12.1 Å². The average Bonchev–Trinajstić information content (AvgIpc) is 2.56. The second-order valence-corrected chi connectivity index (χ2v) is 8.26. The summed E-state index contributed by atoms with van der Waals surface area (Å²) in [6.07, 6.45) is 3.53. The maximum Gasteiger partial charge on any atom is 0.218 e. The number of hydrogen-bond acceptors (Lipinski definition) is 2. The highest BCUT2D eigenvalue weighted by molar-refractivity contribution is 7.88. The quantitative estimate of drug-likeness (QED) is 0.826. The molecule has 1 unspecified atom stereocenters. The van der Waals surface area contributed by atoms with Crippen LogP contribution in [0.1, 0.15) is 30.4 Å². The molecule has 0 spiro atoms. The molecular weight excluding hydrogens is 325 g/mol. The van der Waals surface area contributed by atoms with Crippen LogP contribution >= 0.6 is 0 Å². The van der Waals surface area contributed by atoms with Gasteiger partial charge in [-0.3, -0.25) is 0 Å². The minimum Gasteiger partial charge on any atom is -0.212 e. The van der Waals surface area contributed by atoms with Gasteiger partial charge in [-0.1, -0.05) is 48.9 Å². The monoisotopic (exact) mass is 347 g/mol. The zero-order valence-electron chi connectivity index (χ0n) is 13.6. The van der Waals surface area contributed by atoms with Crippen LogP contribution in [-0.4, -0.2) is 25.3 Å². The van der Waals surface area contributed by atoms with Crippen molar-refractivity contribution in [3.8, 4) is 0 Å². The highest BCUT2D eigenvalue weighted by Crippen LogP contribution is 2.25. The SMILES string of the molecule is O=S(=O)(Cc1cccc(F)c1)N1CCCCC1Cc1ccccc1. The molecule has 2 aromatic carbocycles. The van der Waals surface area contributed by atoms with E-state index in [2.05, 4.69) is 0 Å². The van der Waals surface area contributed by atoms with Gasteiger partial charge in [0.2, 0.25) is 10.0 Å². The smallest absolute Gasteiger partial charge is 0.212 e. The van der Waals surface area contributed by atoms with Gasteiger partial charge in [0.15, 0.2) is 0 Å². The van der Waals surface area contributed by atoms with Gasteiger partial charge in [0, 0.05) is 12.6 Å². The van der Waals surface area contributed by atoms with E-state index in [0.717, 1.165) is 31.2 Å². The zero-order valence-corrected chi connectivity index (χ0v) is 14.4. The van der Waals surface area contributed by atoms with E-state index >= 15 is 0 Å². The first-order valence-electron chi connectivity index (χ1n) is 8.32. The summed E-state index contributed by atoms with van der Waals surface area (Å²) in [6.45, 7) is 0.551. The van der Waals surface area contributed by atoms with E-state index < -0.39 is 15.8 Å². The number of benzene rings is 2. The summed E-state index contributed by atoms with van der Waals surface area (Å²) in [5, 5.41) is 0. The highest BCUT2D eigenvalue weighted by Gasteiger charge is 2.32. The third-order valence-corrected chi connectivity index (χ3v) is 6.38. The van der Waals surface area contributed by atoms with Crippen LogP contribution in [0.4, 0.5) is 4.39 Å². The summed E-state index contributed by atoms with van der Waals surface area (Å²) in [4.78, 5) is 0. The lowest BCUT2D eigenvalue weighted by molar-refractivity contribution is 0.250. The molecule has 3 nitrogen and oxygen atoms in total. The Morgan fingerprint density at radius 2 is 1.75 bits per heavy atom. The van der Waals surface area contributed by atoms with Gasteiger partial charge in [-0.05, 0) is 42.5 Å². The number of sulfonamides is 1. The Morgan fingerprint density at radius 3 is 2.50 bits per heavy atom. The maximum atomic E-state index is 13.3. The van der Waals surface area contributed by atoms with E-state index in [-0.39, 0.29) is 11.8 Å². The fourth-order valence-electron chi connectivity index (χ4n) is 3.35. The van der Waals surface area contributed by atoms with Gasteiger partial charge in [-0.2, -0.15) is 4.31 Å². The van der Waals surface area contributed by atoms with Gasteiger partial charge < -0.3 is 0 Å². The lowest BCUT2D eigenvalue weighted by atomic mass is 9.98. The van der Waals surface area contributed by atoms with Crippen LogP contribution < -0.4 is 0 Å². The lowest BCUT2D eigenvalue weighted by Gasteiger charge is -2.35. The van der Waals surface area contributed by atoms with Crippen molar-refractivity contribution in [2.45, 2.75) is 37.5 Å². The molecule has 1 aliphatic heterocycles. The maximum absolute atomic E-state index is 13.3. The summed E-state index contributed by atoms with van der Waals surface area (Å²) < 4.78 is 40.7. The van der Waals surface area contributed by atoms with E-state index in [1.807, 2.05) is 30.3 Å². The Balaban J connectivity index is 1.78. The number of piperidine rings is 1. The second kappa shape index (κ2) is 7.45. The number of hydrogen-bond donors (Lipinski definition) is 0. The van der Waals surface area contributed by atoms with Gasteiger partial charge in [0.25, 0.3) is 0 Å². The third kappa shape index (κ3) is 4.22. The predicted octanol–water partition coefficient (Wildman–Crippen LogP) is 3.75. The minimum absolute atomic E-state index is 0.0142. The number of nitrogens with zero attached hydrogens (tertiary/aromatic N) is 1. The Labute approximate surface area is 143 Å². The molecular formula is C19H22FNO2S. The summed E-state index contributed by atoms with van der Waals surface area (Å²) in [5.74, 6) is -0.544. The van der Waals surface area contributed by atoms with Crippen LogP contribution in [0.3, 0.4) is 0 Å². The van der Waals surface area contributed by atoms with Crippen LogP contribution in [0.25, 0.3) is 0 Å². The van der Waals surface area contributed by atoms with Crippen LogP contribution in [0.2, 0.25) is 0 Å². The molecule has 1 saturated heterocycles. The van der Waals surface area contributed by atoms with Crippen molar-refractivity contribution >= 4 is 10.0 Å². The predicted molar refractivity (Wildman–Crippen MR) is 93.5 cm³/mol. The molecule has 5 heteroatoms. The Bertz CT molecular complexity index is 777. The molecule has 24 heavy (non-hydrogen) atoms. The van der Waals surface area contributed by atoms with Crippen molar-refractivity contribution in [3.05, 3.63) is 71.5 Å². The van der Waals surface area contributed by atoms with Crippen molar-refractivity contribution in [2.75, 3.05) is 6.54 Å². The van der Waals surface area contributed by atoms with Crippen LogP contribution in [0.5, 0.6) is 0 Å². The topological polar surface area (TPSA) is 37.4 Å².